The molecule has 0 spiro atoms. The molecule has 0 radical (unpaired) electrons. The molecule has 0 amide bonds. The standard InChI is InChI=1S/C16H23N5/c1-2-17-16(20-10-5-6-11-20)18-9-8-14-13-21-12-4-3-7-15(21)19-14/h3-4,7,12-13H,2,5-6,8-11H2,1H3,(H,17,18). The van der Waals surface area contributed by atoms with E-state index in [1.165, 1.54) is 12.8 Å². The SMILES string of the molecule is CCNC(=NCCc1cn2ccccc2n1)N1CCCC1. The number of nitrogens with zero attached hydrogens (tertiary/aromatic N) is 4. The van der Waals surface area contributed by atoms with Crippen molar-refractivity contribution in [1.82, 2.24) is 19.6 Å². The van der Waals surface area contributed by atoms with Gasteiger partial charge in [-0.3, -0.25) is 4.99 Å². The first-order valence-corrected chi connectivity index (χ1v) is 7.82. The van der Waals surface area contributed by atoms with E-state index in [2.05, 4.69) is 32.7 Å². The maximum absolute atomic E-state index is 4.74. The first-order chi connectivity index (χ1) is 10.4. The van der Waals surface area contributed by atoms with Crippen molar-refractivity contribution in [2.75, 3.05) is 26.2 Å². The van der Waals surface area contributed by atoms with Gasteiger partial charge in [-0.25, -0.2) is 4.98 Å². The number of likely N-dealkylation sites (tertiary alicyclic amines) is 1. The van der Waals surface area contributed by atoms with Crippen LogP contribution in [-0.2, 0) is 6.42 Å². The van der Waals surface area contributed by atoms with Crippen molar-refractivity contribution in [3.05, 3.63) is 36.3 Å². The molecule has 0 bridgehead atoms. The van der Waals surface area contributed by atoms with E-state index in [4.69, 9.17) is 4.99 Å². The van der Waals surface area contributed by atoms with Gasteiger partial charge in [0.25, 0.3) is 0 Å². The molecule has 1 saturated heterocycles. The van der Waals surface area contributed by atoms with Crippen LogP contribution in [0.3, 0.4) is 0 Å². The van der Waals surface area contributed by atoms with Crippen molar-refractivity contribution in [2.24, 2.45) is 4.99 Å². The van der Waals surface area contributed by atoms with E-state index < -0.39 is 0 Å². The summed E-state index contributed by atoms with van der Waals surface area (Å²) in [4.78, 5) is 11.7. The lowest BCUT2D eigenvalue weighted by molar-refractivity contribution is 0.494. The summed E-state index contributed by atoms with van der Waals surface area (Å²) < 4.78 is 2.06. The van der Waals surface area contributed by atoms with Gasteiger partial charge in [0.05, 0.1) is 5.69 Å². The minimum absolute atomic E-state index is 0.780. The monoisotopic (exact) mass is 285 g/mol. The summed E-state index contributed by atoms with van der Waals surface area (Å²) in [5, 5.41) is 3.39. The molecule has 0 saturated carbocycles. The first-order valence-electron chi connectivity index (χ1n) is 7.82. The summed E-state index contributed by atoms with van der Waals surface area (Å²) in [5.41, 5.74) is 2.10. The van der Waals surface area contributed by atoms with Crippen molar-refractivity contribution in [2.45, 2.75) is 26.2 Å². The van der Waals surface area contributed by atoms with Gasteiger partial charge in [-0.15, -0.1) is 0 Å². The first kappa shape index (κ1) is 13.9. The lowest BCUT2D eigenvalue weighted by atomic mass is 10.3. The molecule has 2 aromatic heterocycles. The number of hydrogen-bond donors (Lipinski definition) is 1. The van der Waals surface area contributed by atoms with Gasteiger partial charge in [-0.05, 0) is 31.9 Å². The van der Waals surface area contributed by atoms with Gasteiger partial charge in [0.15, 0.2) is 5.96 Å². The van der Waals surface area contributed by atoms with E-state index in [1.807, 2.05) is 24.4 Å². The van der Waals surface area contributed by atoms with Crippen LogP contribution < -0.4 is 5.32 Å². The third-order valence-electron chi connectivity index (χ3n) is 3.78. The summed E-state index contributed by atoms with van der Waals surface area (Å²) in [7, 11) is 0. The summed E-state index contributed by atoms with van der Waals surface area (Å²) in [6.45, 7) is 6.07. The number of nitrogens with one attached hydrogen (secondary N) is 1. The Morgan fingerprint density at radius 2 is 2.19 bits per heavy atom. The summed E-state index contributed by atoms with van der Waals surface area (Å²) >= 11 is 0. The molecule has 1 aliphatic rings. The van der Waals surface area contributed by atoms with Crippen LogP contribution >= 0.6 is 0 Å². The van der Waals surface area contributed by atoms with Crippen LogP contribution in [-0.4, -0.2) is 46.4 Å². The van der Waals surface area contributed by atoms with Crippen molar-refractivity contribution >= 4 is 11.6 Å². The number of aromatic nitrogens is 2. The quantitative estimate of drug-likeness (QED) is 0.690. The van der Waals surface area contributed by atoms with Crippen LogP contribution in [0.5, 0.6) is 0 Å². The molecule has 1 N–H and O–H groups in total. The molecule has 5 nitrogen and oxygen atoms in total. The number of pyridine rings is 1. The molecule has 3 heterocycles. The topological polar surface area (TPSA) is 44.9 Å². The third-order valence-corrected chi connectivity index (χ3v) is 3.78. The van der Waals surface area contributed by atoms with Gasteiger partial charge in [-0.2, -0.15) is 0 Å². The number of rotatable bonds is 4. The smallest absolute Gasteiger partial charge is 0.193 e. The molecule has 0 atom stereocenters. The molecule has 0 unspecified atom stereocenters. The Kier molecular flexibility index (Phi) is 4.38. The molecule has 1 aliphatic heterocycles. The van der Waals surface area contributed by atoms with Crippen LogP contribution in [0.15, 0.2) is 35.6 Å². The Bertz CT molecular complexity index is 577. The second-order valence-corrected chi connectivity index (χ2v) is 5.38. The van der Waals surface area contributed by atoms with E-state index in [0.29, 0.717) is 0 Å². The minimum Gasteiger partial charge on any atom is -0.357 e. The predicted octanol–water partition coefficient (Wildman–Crippen LogP) is 1.94. The molecule has 0 aromatic carbocycles. The van der Waals surface area contributed by atoms with Crippen molar-refractivity contribution < 1.29 is 0 Å². The Hall–Kier alpha value is -2.04. The molecule has 5 heteroatoms. The van der Waals surface area contributed by atoms with Gasteiger partial charge in [0.1, 0.15) is 5.65 Å². The highest BCUT2D eigenvalue weighted by atomic mass is 15.3. The van der Waals surface area contributed by atoms with Crippen molar-refractivity contribution in [3.8, 4) is 0 Å². The molecular weight excluding hydrogens is 262 g/mol. The van der Waals surface area contributed by atoms with E-state index >= 15 is 0 Å². The zero-order valence-corrected chi connectivity index (χ0v) is 12.6. The Balaban J connectivity index is 1.63. The average molecular weight is 285 g/mol. The average Bonchev–Trinajstić information content (AvgIpc) is 3.15. The van der Waals surface area contributed by atoms with Gasteiger partial charge < -0.3 is 14.6 Å². The van der Waals surface area contributed by atoms with Crippen LogP contribution in [0.25, 0.3) is 5.65 Å². The molecular formula is C16H23N5. The molecule has 1 fully saturated rings. The number of aliphatic imine (C=N–C) groups is 1. The summed E-state index contributed by atoms with van der Waals surface area (Å²) in [5.74, 6) is 1.05. The zero-order chi connectivity index (χ0) is 14.5. The number of guanidine groups is 1. The summed E-state index contributed by atoms with van der Waals surface area (Å²) in [6, 6.07) is 6.06. The summed E-state index contributed by atoms with van der Waals surface area (Å²) in [6.07, 6.45) is 7.55. The Morgan fingerprint density at radius 3 is 2.95 bits per heavy atom. The van der Waals surface area contributed by atoms with Crippen LogP contribution in [0.2, 0.25) is 0 Å². The predicted molar refractivity (Wildman–Crippen MR) is 85.7 cm³/mol. The molecule has 3 rings (SSSR count). The lowest BCUT2D eigenvalue weighted by Gasteiger charge is -2.20. The van der Waals surface area contributed by atoms with Crippen molar-refractivity contribution in [3.63, 3.8) is 0 Å². The third kappa shape index (κ3) is 3.35. The van der Waals surface area contributed by atoms with Crippen LogP contribution in [0, 0.1) is 0 Å². The second-order valence-electron chi connectivity index (χ2n) is 5.38. The second kappa shape index (κ2) is 6.61. The fourth-order valence-electron chi connectivity index (χ4n) is 2.74. The zero-order valence-electron chi connectivity index (χ0n) is 12.6. The van der Waals surface area contributed by atoms with Gasteiger partial charge in [0.2, 0.25) is 0 Å². The van der Waals surface area contributed by atoms with E-state index in [1.54, 1.807) is 0 Å². The number of imidazole rings is 1. The maximum atomic E-state index is 4.74. The van der Waals surface area contributed by atoms with E-state index in [-0.39, 0.29) is 0 Å². The normalized spacial score (nSPS) is 15.9. The molecule has 112 valence electrons. The lowest BCUT2D eigenvalue weighted by Crippen LogP contribution is -2.39. The van der Waals surface area contributed by atoms with Crippen LogP contribution in [0.1, 0.15) is 25.5 Å². The van der Waals surface area contributed by atoms with Crippen molar-refractivity contribution in [1.29, 1.82) is 0 Å². The minimum atomic E-state index is 0.780. The molecule has 2 aromatic rings. The van der Waals surface area contributed by atoms with E-state index in [9.17, 15) is 0 Å². The fraction of sp³-hybridized carbons (Fsp3) is 0.500. The largest absolute Gasteiger partial charge is 0.357 e. The van der Waals surface area contributed by atoms with Gasteiger partial charge in [0, 0.05) is 45.0 Å². The van der Waals surface area contributed by atoms with Crippen LogP contribution in [0.4, 0.5) is 0 Å². The Morgan fingerprint density at radius 1 is 1.33 bits per heavy atom. The fourth-order valence-corrected chi connectivity index (χ4v) is 2.74. The Labute approximate surface area is 125 Å². The number of hydrogen-bond acceptors (Lipinski definition) is 2. The van der Waals surface area contributed by atoms with Gasteiger partial charge >= 0.3 is 0 Å². The highest BCUT2D eigenvalue weighted by molar-refractivity contribution is 5.80. The van der Waals surface area contributed by atoms with E-state index in [0.717, 1.165) is 49.9 Å². The highest BCUT2D eigenvalue weighted by Gasteiger charge is 2.15. The number of fused-ring (bicyclic) bond motifs is 1. The van der Waals surface area contributed by atoms with Gasteiger partial charge in [-0.1, -0.05) is 6.07 Å². The highest BCUT2D eigenvalue weighted by Crippen LogP contribution is 2.08. The molecule has 21 heavy (non-hydrogen) atoms. The molecule has 0 aliphatic carbocycles. The maximum Gasteiger partial charge on any atom is 0.193 e.